The summed E-state index contributed by atoms with van der Waals surface area (Å²) < 4.78 is 2.24. The van der Waals surface area contributed by atoms with Crippen molar-refractivity contribution in [3.05, 3.63) is 24.3 Å². The maximum Gasteiger partial charge on any atom is 0.152 e. The molecule has 0 saturated heterocycles. The van der Waals surface area contributed by atoms with Crippen molar-refractivity contribution in [3.63, 3.8) is 0 Å². The first-order valence-electron chi connectivity index (χ1n) is 4.75. The fourth-order valence-electron chi connectivity index (χ4n) is 1.34. The van der Waals surface area contributed by atoms with E-state index in [0.29, 0.717) is 0 Å². The second-order valence-corrected chi connectivity index (χ2v) is 7.32. The van der Waals surface area contributed by atoms with Crippen LogP contribution in [0, 0.1) is 0 Å². The van der Waals surface area contributed by atoms with Crippen LogP contribution in [0.25, 0.3) is 10.2 Å². The highest BCUT2D eigenvalue weighted by molar-refractivity contribution is 8.28. The molecule has 2 N–H and O–H groups in total. The van der Waals surface area contributed by atoms with Crippen molar-refractivity contribution < 1.29 is 0 Å². The Morgan fingerprint density at radius 1 is 1.27 bits per heavy atom. The third-order valence-corrected chi connectivity index (χ3v) is 6.56. The zero-order valence-electron chi connectivity index (χ0n) is 8.81. The Morgan fingerprint density at radius 2 is 1.93 bits per heavy atom. The maximum atomic E-state index is 6.30. The number of thiazole rings is 1. The van der Waals surface area contributed by atoms with Gasteiger partial charge < -0.3 is 0 Å². The number of para-hydroxylation sites is 1. The minimum Gasteiger partial charge on any atom is -0.283 e. The minimum atomic E-state index is -1.40. The van der Waals surface area contributed by atoms with Gasteiger partial charge in [0.2, 0.25) is 0 Å². The Labute approximate surface area is 94.4 Å². The predicted octanol–water partition coefficient (Wildman–Crippen LogP) is 2.98. The van der Waals surface area contributed by atoms with Crippen LogP contribution in [0.4, 0.5) is 0 Å². The Balaban J connectivity index is 2.75. The predicted molar refractivity (Wildman–Crippen MR) is 73.1 cm³/mol. The number of aromatic nitrogens is 1. The molecule has 2 aromatic rings. The van der Waals surface area contributed by atoms with E-state index < -0.39 is 9.39 Å². The van der Waals surface area contributed by atoms with Crippen LogP contribution in [-0.2, 0) is 0 Å². The fraction of sp³-hybridized carbons (Fsp3) is 0.182. The summed E-state index contributed by atoms with van der Waals surface area (Å²) in [5.41, 5.74) is 1.04. The summed E-state index contributed by atoms with van der Waals surface area (Å²) in [6.45, 7) is 4.00. The van der Waals surface area contributed by atoms with Gasteiger partial charge in [-0.15, -0.1) is 20.7 Å². The molecule has 0 amide bonds. The van der Waals surface area contributed by atoms with E-state index in [0.717, 1.165) is 9.86 Å². The van der Waals surface area contributed by atoms with Crippen LogP contribution in [0.2, 0.25) is 0 Å². The van der Waals surface area contributed by atoms with Gasteiger partial charge in [-0.3, -0.25) is 5.14 Å². The second-order valence-electron chi connectivity index (χ2n) is 3.18. The Morgan fingerprint density at radius 3 is 2.53 bits per heavy atom. The minimum absolute atomic E-state index is 1.04. The molecule has 0 aliphatic carbocycles. The molecule has 1 heterocycles. The van der Waals surface area contributed by atoms with E-state index in [-0.39, 0.29) is 0 Å². The number of hydrogen-bond acceptors (Lipinski definition) is 3. The third-order valence-electron chi connectivity index (χ3n) is 2.36. The molecule has 80 valence electrons. The molecule has 1 aromatic heterocycles. The lowest BCUT2D eigenvalue weighted by molar-refractivity contribution is 1.30. The lowest BCUT2D eigenvalue weighted by Gasteiger charge is -2.05. The molecule has 0 unspecified atom stereocenters. The number of rotatable bonds is 1. The van der Waals surface area contributed by atoms with Gasteiger partial charge in [0.15, 0.2) is 4.34 Å². The van der Waals surface area contributed by atoms with E-state index in [1.54, 1.807) is 11.3 Å². The molecule has 2 nitrogen and oxygen atoms in total. The first-order chi connectivity index (χ1) is 7.19. The molecule has 15 heavy (non-hydrogen) atoms. The van der Waals surface area contributed by atoms with Gasteiger partial charge >= 0.3 is 0 Å². The summed E-state index contributed by atoms with van der Waals surface area (Å²) in [6.07, 6.45) is 0. The molecule has 0 atom stereocenters. The van der Waals surface area contributed by atoms with Gasteiger partial charge in [0.05, 0.1) is 10.2 Å². The molecule has 0 saturated carbocycles. The third kappa shape index (κ3) is 1.80. The van der Waals surface area contributed by atoms with E-state index in [9.17, 15) is 0 Å². The summed E-state index contributed by atoms with van der Waals surface area (Å²) >= 11 is 1.69. The lowest BCUT2D eigenvalue weighted by Crippen LogP contribution is -1.96. The average Bonchev–Trinajstić information content (AvgIpc) is 2.72. The molecular weight excluding hydrogens is 224 g/mol. The van der Waals surface area contributed by atoms with Crippen molar-refractivity contribution in [2.75, 3.05) is 0 Å². The van der Waals surface area contributed by atoms with Gasteiger partial charge in [0.1, 0.15) is 0 Å². The number of fused-ring (bicyclic) bond motifs is 1. The summed E-state index contributed by atoms with van der Waals surface area (Å²) in [6, 6.07) is 8.15. The first kappa shape index (κ1) is 10.7. The van der Waals surface area contributed by atoms with Crippen LogP contribution in [0.3, 0.4) is 0 Å². The number of hydrogen-bond donors (Lipinski definition) is 1. The van der Waals surface area contributed by atoms with Crippen molar-refractivity contribution in [1.82, 2.24) is 4.98 Å². The topological polar surface area (TPSA) is 38.9 Å². The molecule has 0 aliphatic heterocycles. The fourth-order valence-corrected chi connectivity index (χ4v) is 4.39. The largest absolute Gasteiger partial charge is 0.283 e. The SMILES string of the molecule is CC=S(N)(=CC)c1nc2ccccc2s1. The Kier molecular flexibility index (Phi) is 2.82. The molecular formula is C11H14N2S2. The highest BCUT2D eigenvalue weighted by Gasteiger charge is 2.06. The highest BCUT2D eigenvalue weighted by Crippen LogP contribution is 2.34. The van der Waals surface area contributed by atoms with Crippen LogP contribution in [-0.4, -0.2) is 15.7 Å². The molecule has 1 aromatic carbocycles. The van der Waals surface area contributed by atoms with Crippen LogP contribution in [0.15, 0.2) is 28.6 Å². The van der Waals surface area contributed by atoms with Crippen molar-refractivity contribution in [1.29, 1.82) is 0 Å². The maximum absolute atomic E-state index is 6.30. The zero-order valence-corrected chi connectivity index (χ0v) is 10.4. The van der Waals surface area contributed by atoms with Gasteiger partial charge in [-0.25, -0.2) is 4.98 Å². The van der Waals surface area contributed by atoms with Gasteiger partial charge in [0, 0.05) is 0 Å². The standard InChI is InChI=1S/C11H14N2S2/c1-3-15(12,4-2)11-13-9-7-5-6-8-10(9)14-11/h3-8H,12H2,1-2H3. The van der Waals surface area contributed by atoms with Gasteiger partial charge in [-0.2, -0.15) is 0 Å². The summed E-state index contributed by atoms with van der Waals surface area (Å²) in [7, 11) is -1.40. The normalized spacial score (nSPS) is 11.7. The first-order valence-corrected chi connectivity index (χ1v) is 7.39. The molecule has 0 bridgehead atoms. The summed E-state index contributed by atoms with van der Waals surface area (Å²) in [5.74, 6) is 0. The van der Waals surface area contributed by atoms with Crippen molar-refractivity contribution in [2.24, 2.45) is 5.14 Å². The quantitative estimate of drug-likeness (QED) is 0.776. The van der Waals surface area contributed by atoms with E-state index in [1.807, 2.05) is 32.0 Å². The van der Waals surface area contributed by atoms with Gasteiger partial charge in [-0.1, -0.05) is 12.1 Å². The molecule has 0 radical (unpaired) electrons. The van der Waals surface area contributed by atoms with Gasteiger partial charge in [-0.05, 0) is 36.7 Å². The van der Waals surface area contributed by atoms with Crippen molar-refractivity contribution in [2.45, 2.75) is 18.2 Å². The average molecular weight is 238 g/mol. The lowest BCUT2D eigenvalue weighted by atomic mass is 10.3. The molecule has 2 rings (SSSR count). The van der Waals surface area contributed by atoms with E-state index in [2.05, 4.69) is 21.8 Å². The molecule has 0 spiro atoms. The van der Waals surface area contributed by atoms with Crippen LogP contribution >= 0.6 is 20.7 Å². The van der Waals surface area contributed by atoms with Crippen LogP contribution in [0.1, 0.15) is 13.8 Å². The highest BCUT2D eigenvalue weighted by atomic mass is 32.2. The van der Waals surface area contributed by atoms with Crippen molar-refractivity contribution in [3.8, 4) is 0 Å². The number of nitrogens with zero attached hydrogens (tertiary/aromatic N) is 1. The number of nitrogens with two attached hydrogens (primary N) is 1. The van der Waals surface area contributed by atoms with Crippen LogP contribution in [0.5, 0.6) is 0 Å². The summed E-state index contributed by atoms with van der Waals surface area (Å²) in [5, 5.41) is 10.4. The molecule has 4 heteroatoms. The molecule has 0 fully saturated rings. The van der Waals surface area contributed by atoms with E-state index in [4.69, 9.17) is 5.14 Å². The zero-order chi connectivity index (χ0) is 10.9. The van der Waals surface area contributed by atoms with Gasteiger partial charge in [0.25, 0.3) is 0 Å². The monoisotopic (exact) mass is 238 g/mol. The van der Waals surface area contributed by atoms with Crippen molar-refractivity contribution >= 4 is 41.7 Å². The number of benzene rings is 1. The van der Waals surface area contributed by atoms with E-state index >= 15 is 0 Å². The second kappa shape index (κ2) is 3.96. The van der Waals surface area contributed by atoms with Crippen LogP contribution < -0.4 is 5.14 Å². The van der Waals surface area contributed by atoms with E-state index in [1.165, 1.54) is 4.70 Å². The summed E-state index contributed by atoms with van der Waals surface area (Å²) in [4.78, 5) is 4.59. The smallest absolute Gasteiger partial charge is 0.152 e. The molecule has 0 aliphatic rings. The Hall–Kier alpha value is -0.840. The Bertz CT molecular complexity index is 555.